The highest BCUT2D eigenvalue weighted by atomic mass is 31.0. The Labute approximate surface area is 84.8 Å². The van der Waals surface area contributed by atoms with Crippen molar-refractivity contribution in [3.63, 3.8) is 0 Å². The smallest absolute Gasteiger partial charge is 0.343 e. The number of hydrogen-bond donors (Lipinski definition) is 1. The zero-order valence-corrected chi connectivity index (χ0v) is 9.05. The molecule has 0 saturated heterocycles. The van der Waals surface area contributed by atoms with Gasteiger partial charge in [0.05, 0.1) is 7.11 Å². The van der Waals surface area contributed by atoms with Crippen molar-refractivity contribution in [3.05, 3.63) is 23.7 Å². The van der Waals surface area contributed by atoms with E-state index in [0.29, 0.717) is 5.76 Å². The number of hydrogen-bond acceptors (Lipinski definition) is 4. The quantitative estimate of drug-likeness (QED) is 0.568. The van der Waals surface area contributed by atoms with Crippen molar-refractivity contribution in [1.29, 1.82) is 0 Å². The number of aliphatic hydroxyl groups excluding tert-OH is 1. The lowest BCUT2D eigenvalue weighted by Crippen LogP contribution is -2.13. The minimum Gasteiger partial charge on any atom is -0.504 e. The van der Waals surface area contributed by atoms with Crippen molar-refractivity contribution in [2.75, 3.05) is 13.7 Å². The van der Waals surface area contributed by atoms with E-state index in [1.807, 2.05) is 0 Å². The molecule has 2 atom stereocenters. The van der Waals surface area contributed by atoms with Crippen LogP contribution in [0.3, 0.4) is 0 Å². The van der Waals surface area contributed by atoms with Crippen LogP contribution in [0, 0.1) is 0 Å². The van der Waals surface area contributed by atoms with Gasteiger partial charge in [-0.15, -0.1) is 9.24 Å². The molecule has 0 fully saturated rings. The molecule has 1 aliphatic carbocycles. The van der Waals surface area contributed by atoms with E-state index in [1.165, 1.54) is 7.11 Å². The molecule has 0 aromatic carbocycles. The maximum Gasteiger partial charge on any atom is 0.343 e. The molecule has 0 bridgehead atoms. The Morgan fingerprint density at radius 2 is 2.50 bits per heavy atom. The van der Waals surface area contributed by atoms with Crippen molar-refractivity contribution in [2.24, 2.45) is 0 Å². The molecule has 0 aromatic heterocycles. The molecule has 0 amide bonds. The van der Waals surface area contributed by atoms with Gasteiger partial charge < -0.3 is 14.6 Å². The lowest BCUT2D eigenvalue weighted by Gasteiger charge is -2.15. The van der Waals surface area contributed by atoms with E-state index in [9.17, 15) is 9.90 Å². The first-order chi connectivity index (χ1) is 6.63. The summed E-state index contributed by atoms with van der Waals surface area (Å²) in [6.07, 6.45) is 4.18. The van der Waals surface area contributed by atoms with Gasteiger partial charge >= 0.3 is 5.97 Å². The van der Waals surface area contributed by atoms with Gasteiger partial charge in [0.15, 0.2) is 18.1 Å². The molecule has 1 rings (SSSR count). The lowest BCUT2D eigenvalue weighted by atomic mass is 10.1. The van der Waals surface area contributed by atoms with Crippen LogP contribution in [0.5, 0.6) is 0 Å². The second kappa shape index (κ2) is 5.01. The number of carbonyl (C=O) groups is 1. The molecule has 5 heteroatoms. The summed E-state index contributed by atoms with van der Waals surface area (Å²) in [6, 6.07) is 0. The molecule has 0 saturated carbocycles. The number of methoxy groups -OCH3 is 1. The van der Waals surface area contributed by atoms with Gasteiger partial charge in [-0.1, -0.05) is 0 Å². The van der Waals surface area contributed by atoms with Crippen LogP contribution in [0.1, 0.15) is 6.42 Å². The van der Waals surface area contributed by atoms with Crippen LogP contribution in [0.25, 0.3) is 0 Å². The molecule has 0 spiro atoms. The van der Waals surface area contributed by atoms with Crippen LogP contribution in [0.2, 0.25) is 0 Å². The topological polar surface area (TPSA) is 55.8 Å². The zero-order chi connectivity index (χ0) is 10.6. The average molecular weight is 216 g/mol. The monoisotopic (exact) mass is 216 g/mol. The molecule has 1 N–H and O–H groups in total. The summed E-state index contributed by atoms with van der Waals surface area (Å²) in [5, 5.41) is 9.43. The molecular formula is C9H13O4P. The summed E-state index contributed by atoms with van der Waals surface area (Å²) in [6.45, 7) is -0.179. The molecule has 0 heterocycles. The van der Waals surface area contributed by atoms with Crippen molar-refractivity contribution < 1.29 is 19.4 Å². The highest BCUT2D eigenvalue weighted by Crippen LogP contribution is 2.22. The number of aliphatic hydroxyl groups is 1. The Balaban J connectivity index is 2.46. The number of carbonyl (C=O) groups excluding carboxylic acids is 1. The van der Waals surface area contributed by atoms with Crippen LogP contribution >= 0.6 is 9.24 Å². The second-order valence-electron chi connectivity index (χ2n) is 2.88. The highest BCUT2D eigenvalue weighted by molar-refractivity contribution is 7.17. The van der Waals surface area contributed by atoms with E-state index in [2.05, 4.69) is 14.0 Å². The Kier molecular flexibility index (Phi) is 3.96. The third kappa shape index (κ3) is 3.04. The van der Waals surface area contributed by atoms with Crippen molar-refractivity contribution in [1.82, 2.24) is 0 Å². The van der Waals surface area contributed by atoms with Crippen molar-refractivity contribution >= 4 is 15.2 Å². The maximum atomic E-state index is 10.7. The Hall–Kier alpha value is -1.02. The largest absolute Gasteiger partial charge is 0.504 e. The zero-order valence-electron chi connectivity index (χ0n) is 7.90. The minimum atomic E-state index is -0.466. The summed E-state index contributed by atoms with van der Waals surface area (Å²) < 4.78 is 9.46. The SMILES string of the molecule is COC(=O)COC1=CCC(P)C=C1O. The highest BCUT2D eigenvalue weighted by Gasteiger charge is 2.14. The van der Waals surface area contributed by atoms with Crippen LogP contribution in [-0.4, -0.2) is 30.5 Å². The van der Waals surface area contributed by atoms with Gasteiger partial charge in [0.2, 0.25) is 0 Å². The fourth-order valence-electron chi connectivity index (χ4n) is 1.03. The number of allylic oxidation sites excluding steroid dienone is 2. The molecule has 0 aromatic rings. The first-order valence-electron chi connectivity index (χ1n) is 4.20. The maximum absolute atomic E-state index is 10.7. The fraction of sp³-hybridized carbons (Fsp3) is 0.444. The van der Waals surface area contributed by atoms with Crippen LogP contribution in [-0.2, 0) is 14.3 Å². The molecule has 0 aliphatic heterocycles. The van der Waals surface area contributed by atoms with Gasteiger partial charge in [-0.05, 0) is 24.2 Å². The third-order valence-electron chi connectivity index (χ3n) is 1.77. The van der Waals surface area contributed by atoms with E-state index in [1.54, 1.807) is 12.2 Å². The Bertz CT molecular complexity index is 283. The van der Waals surface area contributed by atoms with Gasteiger partial charge in [0.25, 0.3) is 0 Å². The van der Waals surface area contributed by atoms with Gasteiger partial charge in [-0.2, -0.15) is 0 Å². The molecule has 78 valence electrons. The van der Waals surface area contributed by atoms with Crippen LogP contribution in [0.15, 0.2) is 23.7 Å². The van der Waals surface area contributed by atoms with Crippen LogP contribution < -0.4 is 0 Å². The molecule has 1 aliphatic rings. The standard InChI is InChI=1S/C9H13O4P/c1-12-9(11)5-13-8-3-2-6(14)4-7(8)10/h3-4,6,10H,2,5,14H2,1H3. The summed E-state index contributed by atoms with van der Waals surface area (Å²) >= 11 is 0. The van der Waals surface area contributed by atoms with Gasteiger partial charge in [-0.25, -0.2) is 4.79 Å². The normalized spacial score (nSPS) is 20.9. The van der Waals surface area contributed by atoms with Crippen molar-refractivity contribution in [3.8, 4) is 0 Å². The van der Waals surface area contributed by atoms with Gasteiger partial charge in [0.1, 0.15) is 0 Å². The minimum absolute atomic E-state index is 0.0696. The molecule has 2 unspecified atom stereocenters. The second-order valence-corrected chi connectivity index (χ2v) is 3.74. The predicted molar refractivity (Wildman–Crippen MR) is 54.9 cm³/mol. The lowest BCUT2D eigenvalue weighted by molar-refractivity contribution is -0.144. The molecular weight excluding hydrogens is 203 g/mol. The van der Waals surface area contributed by atoms with E-state index < -0.39 is 5.97 Å². The number of esters is 1. The van der Waals surface area contributed by atoms with E-state index >= 15 is 0 Å². The number of ether oxygens (including phenoxy) is 2. The predicted octanol–water partition coefficient (Wildman–Crippen LogP) is 1.15. The first-order valence-corrected chi connectivity index (χ1v) is 4.86. The van der Waals surface area contributed by atoms with Crippen molar-refractivity contribution in [2.45, 2.75) is 12.1 Å². The van der Waals surface area contributed by atoms with E-state index in [0.717, 1.165) is 6.42 Å². The summed E-state index contributed by atoms with van der Waals surface area (Å²) in [7, 11) is 3.87. The summed E-state index contributed by atoms with van der Waals surface area (Å²) in [4.78, 5) is 10.7. The third-order valence-corrected chi connectivity index (χ3v) is 2.24. The Morgan fingerprint density at radius 3 is 3.07 bits per heavy atom. The van der Waals surface area contributed by atoms with Gasteiger partial charge in [0, 0.05) is 0 Å². The Morgan fingerprint density at radius 1 is 1.79 bits per heavy atom. The van der Waals surface area contributed by atoms with Crippen LogP contribution in [0.4, 0.5) is 0 Å². The molecule has 4 nitrogen and oxygen atoms in total. The summed E-state index contributed by atoms with van der Waals surface area (Å²) in [5.74, 6) is -0.0547. The van der Waals surface area contributed by atoms with E-state index in [-0.39, 0.29) is 18.0 Å². The molecule has 0 radical (unpaired) electrons. The molecule has 14 heavy (non-hydrogen) atoms. The van der Waals surface area contributed by atoms with Gasteiger partial charge in [-0.3, -0.25) is 0 Å². The average Bonchev–Trinajstić information content (AvgIpc) is 2.16. The summed E-state index contributed by atoms with van der Waals surface area (Å²) in [5.41, 5.74) is 0.223. The number of rotatable bonds is 3. The van der Waals surface area contributed by atoms with E-state index in [4.69, 9.17) is 4.74 Å². The fourth-order valence-corrected chi connectivity index (χ4v) is 1.35. The first kappa shape index (κ1) is 11.1.